The Kier molecular flexibility index (Phi) is 4.49. The lowest BCUT2D eigenvalue weighted by atomic mass is 10.2. The second kappa shape index (κ2) is 7.15. The van der Waals surface area contributed by atoms with Gasteiger partial charge in [0.2, 0.25) is 0 Å². The zero-order valence-electron chi connectivity index (χ0n) is 15.2. The van der Waals surface area contributed by atoms with Crippen molar-refractivity contribution in [2.24, 2.45) is 0 Å². The second-order valence-electron chi connectivity index (χ2n) is 6.86. The number of amides is 1. The summed E-state index contributed by atoms with van der Waals surface area (Å²) in [6, 6.07) is 5.59. The summed E-state index contributed by atoms with van der Waals surface area (Å²) in [6.45, 7) is 3.30. The number of aromatic nitrogens is 6. The first-order valence-corrected chi connectivity index (χ1v) is 10.8. The number of hydrogen-bond acceptors (Lipinski definition) is 6. The number of fused-ring (bicyclic) bond motifs is 1. The first-order chi connectivity index (χ1) is 13.7. The van der Waals surface area contributed by atoms with Crippen molar-refractivity contribution in [1.29, 1.82) is 0 Å². The molecule has 1 fully saturated rings. The predicted molar refractivity (Wildman–Crippen MR) is 113 cm³/mol. The number of anilines is 2. The number of pyridine rings is 1. The lowest BCUT2D eigenvalue weighted by molar-refractivity contribution is 0.248. The van der Waals surface area contributed by atoms with Crippen molar-refractivity contribution in [3.8, 4) is 11.4 Å². The number of nitrogens with zero attached hydrogens (tertiary/aromatic N) is 8. The third kappa shape index (κ3) is 3.05. The van der Waals surface area contributed by atoms with Gasteiger partial charge in [-0.05, 0) is 25.0 Å². The van der Waals surface area contributed by atoms with E-state index in [1.165, 1.54) is 17.5 Å². The molecule has 0 aromatic carbocycles. The molecule has 3 aromatic rings. The first kappa shape index (κ1) is 17.6. The van der Waals surface area contributed by atoms with Gasteiger partial charge in [0, 0.05) is 48.1 Å². The summed E-state index contributed by atoms with van der Waals surface area (Å²) in [7, 11) is 0. The number of halogens is 1. The Morgan fingerprint density at radius 1 is 1.07 bits per heavy atom. The Morgan fingerprint density at radius 3 is 2.64 bits per heavy atom. The van der Waals surface area contributed by atoms with Gasteiger partial charge in [-0.15, -0.1) is 5.10 Å². The van der Waals surface area contributed by atoms with Gasteiger partial charge >= 0.3 is 6.03 Å². The minimum Gasteiger partial charge on any atom is -0.357 e. The van der Waals surface area contributed by atoms with Crippen LogP contribution in [0, 0.1) is 0 Å². The van der Waals surface area contributed by atoms with Crippen LogP contribution in [-0.4, -0.2) is 53.1 Å². The molecule has 1 amide bonds. The van der Waals surface area contributed by atoms with Crippen molar-refractivity contribution in [3.05, 3.63) is 36.4 Å². The molecule has 0 saturated carbocycles. The number of rotatable bonds is 5. The van der Waals surface area contributed by atoms with Gasteiger partial charge in [0.25, 0.3) is 0 Å². The maximum Gasteiger partial charge on any atom is 0.352 e. The molecule has 3 aromatic heterocycles. The standard InChI is InChI=1S/C18H19IN8O/c19-6-10-25-9-5-15(22-25)26-12-16-21-17(23-27(16)18(26)28)13-3-4-14(20-11-13)24-7-1-2-8-24/h3-5,9,11H,1-2,6-8,10,12H2. The van der Waals surface area contributed by atoms with Gasteiger partial charge < -0.3 is 4.90 Å². The van der Waals surface area contributed by atoms with E-state index < -0.39 is 0 Å². The van der Waals surface area contributed by atoms with Crippen LogP contribution in [0.2, 0.25) is 0 Å². The topological polar surface area (TPSA) is 85.0 Å². The second-order valence-corrected chi connectivity index (χ2v) is 7.94. The zero-order chi connectivity index (χ0) is 19.1. The summed E-state index contributed by atoms with van der Waals surface area (Å²) in [5.74, 6) is 2.75. The van der Waals surface area contributed by atoms with Crippen LogP contribution in [0.15, 0.2) is 30.6 Å². The molecule has 0 aliphatic carbocycles. The highest BCUT2D eigenvalue weighted by molar-refractivity contribution is 14.1. The SMILES string of the molecule is O=C1N(c2ccn(CCI)n2)Cc2nc(-c3ccc(N4CCCC4)nc3)nn21. The van der Waals surface area contributed by atoms with Gasteiger partial charge in [-0.25, -0.2) is 14.8 Å². The quantitative estimate of drug-likeness (QED) is 0.404. The third-order valence-corrected chi connectivity index (χ3v) is 5.52. The van der Waals surface area contributed by atoms with E-state index in [1.54, 1.807) is 11.1 Å². The van der Waals surface area contributed by atoms with Crippen molar-refractivity contribution in [3.63, 3.8) is 0 Å². The maximum absolute atomic E-state index is 12.8. The van der Waals surface area contributed by atoms with E-state index >= 15 is 0 Å². The number of alkyl halides is 1. The van der Waals surface area contributed by atoms with Gasteiger partial charge in [-0.1, -0.05) is 22.6 Å². The molecule has 0 N–H and O–H groups in total. The van der Waals surface area contributed by atoms with Crippen LogP contribution >= 0.6 is 22.6 Å². The Hall–Kier alpha value is -2.50. The summed E-state index contributed by atoms with van der Waals surface area (Å²) >= 11 is 2.30. The Labute approximate surface area is 175 Å². The molecule has 0 bridgehead atoms. The van der Waals surface area contributed by atoms with E-state index in [0.717, 1.165) is 35.4 Å². The Balaban J connectivity index is 1.35. The summed E-state index contributed by atoms with van der Waals surface area (Å²) in [6.07, 6.45) is 6.10. The van der Waals surface area contributed by atoms with E-state index in [-0.39, 0.29) is 6.03 Å². The van der Waals surface area contributed by atoms with E-state index in [1.807, 2.05) is 29.1 Å². The van der Waals surface area contributed by atoms with E-state index in [4.69, 9.17) is 0 Å². The van der Waals surface area contributed by atoms with E-state index in [2.05, 4.69) is 47.7 Å². The average Bonchev–Trinajstić information content (AvgIpc) is 3.48. The number of carbonyl (C=O) groups excluding carboxylic acids is 1. The highest BCUT2D eigenvalue weighted by Gasteiger charge is 2.33. The van der Waals surface area contributed by atoms with Gasteiger partial charge in [0.1, 0.15) is 5.82 Å². The van der Waals surface area contributed by atoms with E-state index in [0.29, 0.717) is 24.0 Å². The molecule has 0 atom stereocenters. The van der Waals surface area contributed by atoms with Crippen LogP contribution in [-0.2, 0) is 13.1 Å². The molecule has 2 aliphatic heterocycles. The Bertz CT molecular complexity index is 1010. The molecule has 0 radical (unpaired) electrons. The maximum atomic E-state index is 12.8. The normalized spacial score (nSPS) is 16.2. The van der Waals surface area contributed by atoms with Crippen LogP contribution < -0.4 is 9.80 Å². The molecular formula is C18H19IN8O. The zero-order valence-corrected chi connectivity index (χ0v) is 17.4. The van der Waals surface area contributed by atoms with Crippen molar-refractivity contribution in [2.75, 3.05) is 27.3 Å². The lowest BCUT2D eigenvalue weighted by Gasteiger charge is -2.15. The summed E-state index contributed by atoms with van der Waals surface area (Å²) in [4.78, 5) is 25.7. The molecule has 9 nitrogen and oxygen atoms in total. The largest absolute Gasteiger partial charge is 0.357 e. The molecule has 1 saturated heterocycles. The molecule has 0 unspecified atom stereocenters. The first-order valence-electron chi connectivity index (χ1n) is 9.31. The molecule has 144 valence electrons. The highest BCUT2D eigenvalue weighted by Crippen LogP contribution is 2.25. The van der Waals surface area contributed by atoms with Gasteiger partial charge in [-0.3, -0.25) is 9.58 Å². The van der Waals surface area contributed by atoms with Crippen LogP contribution in [0.1, 0.15) is 18.7 Å². The van der Waals surface area contributed by atoms with Crippen LogP contribution in [0.5, 0.6) is 0 Å². The fourth-order valence-electron chi connectivity index (χ4n) is 3.58. The van der Waals surface area contributed by atoms with Crippen molar-refractivity contribution in [1.82, 2.24) is 29.5 Å². The summed E-state index contributed by atoms with van der Waals surface area (Å²) in [5.41, 5.74) is 0.815. The van der Waals surface area contributed by atoms with Crippen molar-refractivity contribution >= 4 is 40.3 Å². The molecular weight excluding hydrogens is 471 g/mol. The van der Waals surface area contributed by atoms with Crippen LogP contribution in [0.4, 0.5) is 16.4 Å². The van der Waals surface area contributed by atoms with Crippen LogP contribution in [0.3, 0.4) is 0 Å². The summed E-state index contributed by atoms with van der Waals surface area (Å²) < 4.78 is 4.16. The van der Waals surface area contributed by atoms with Crippen molar-refractivity contribution in [2.45, 2.75) is 25.9 Å². The fourth-order valence-corrected chi connectivity index (χ4v) is 4.08. The molecule has 5 heterocycles. The molecule has 0 spiro atoms. The smallest absolute Gasteiger partial charge is 0.352 e. The van der Waals surface area contributed by atoms with Crippen LogP contribution in [0.25, 0.3) is 11.4 Å². The Morgan fingerprint density at radius 2 is 1.93 bits per heavy atom. The number of hydrogen-bond donors (Lipinski definition) is 0. The monoisotopic (exact) mass is 490 g/mol. The molecule has 5 rings (SSSR count). The fraction of sp³-hybridized carbons (Fsp3) is 0.389. The number of aryl methyl sites for hydroxylation is 1. The highest BCUT2D eigenvalue weighted by atomic mass is 127. The average molecular weight is 490 g/mol. The molecule has 28 heavy (non-hydrogen) atoms. The summed E-state index contributed by atoms with van der Waals surface area (Å²) in [5, 5.41) is 8.87. The minimum atomic E-state index is -0.227. The minimum absolute atomic E-state index is 0.227. The molecule has 10 heteroatoms. The molecule has 2 aliphatic rings. The van der Waals surface area contributed by atoms with Gasteiger partial charge in [0.15, 0.2) is 17.5 Å². The van der Waals surface area contributed by atoms with E-state index in [9.17, 15) is 4.79 Å². The predicted octanol–water partition coefficient (Wildman–Crippen LogP) is 2.56. The van der Waals surface area contributed by atoms with Gasteiger partial charge in [0.05, 0.1) is 6.54 Å². The van der Waals surface area contributed by atoms with Crippen molar-refractivity contribution < 1.29 is 4.79 Å². The van der Waals surface area contributed by atoms with Gasteiger partial charge in [-0.2, -0.15) is 9.78 Å². The number of carbonyl (C=O) groups is 1. The lowest BCUT2D eigenvalue weighted by Crippen LogP contribution is -2.27. The third-order valence-electron chi connectivity index (χ3n) is 5.04.